The smallest absolute Gasteiger partial charge is 0.244 e. The Bertz CT molecular complexity index is 694. The molecule has 3 rings (SSSR count). The van der Waals surface area contributed by atoms with Crippen molar-refractivity contribution in [3.63, 3.8) is 0 Å². The number of hydrogen-bond donors (Lipinski definition) is 1. The molecule has 1 aliphatic rings. The Kier molecular flexibility index (Phi) is 4.09. The lowest BCUT2D eigenvalue weighted by molar-refractivity contribution is -0.139. The molecule has 6 heteroatoms. The van der Waals surface area contributed by atoms with E-state index in [4.69, 9.17) is 0 Å². The first-order chi connectivity index (χ1) is 10.7. The zero-order valence-electron chi connectivity index (χ0n) is 12.7. The van der Waals surface area contributed by atoms with Gasteiger partial charge in [0.15, 0.2) is 0 Å². The summed E-state index contributed by atoms with van der Waals surface area (Å²) < 4.78 is 1.68. The molecule has 116 valence electrons. The van der Waals surface area contributed by atoms with Crippen molar-refractivity contribution >= 4 is 22.7 Å². The Morgan fingerprint density at radius 2 is 2.23 bits per heavy atom. The van der Waals surface area contributed by atoms with Gasteiger partial charge in [0.05, 0.1) is 11.7 Å². The second-order valence-electron chi connectivity index (χ2n) is 5.67. The van der Waals surface area contributed by atoms with E-state index in [1.807, 2.05) is 24.3 Å². The minimum Gasteiger partial charge on any atom is -0.354 e. The largest absolute Gasteiger partial charge is 0.354 e. The van der Waals surface area contributed by atoms with Crippen LogP contribution in [0.5, 0.6) is 0 Å². The molecule has 2 aromatic rings. The van der Waals surface area contributed by atoms with Crippen LogP contribution < -0.4 is 5.32 Å². The fourth-order valence-corrected chi connectivity index (χ4v) is 2.86. The Balaban J connectivity index is 1.74. The number of rotatable bonds is 3. The zero-order valence-corrected chi connectivity index (χ0v) is 12.7. The van der Waals surface area contributed by atoms with Gasteiger partial charge in [-0.1, -0.05) is 18.2 Å². The summed E-state index contributed by atoms with van der Waals surface area (Å²) in [5, 5.41) is 8.14. The maximum atomic E-state index is 12.5. The summed E-state index contributed by atoms with van der Waals surface area (Å²) in [5.41, 5.74) is 0.926. The van der Waals surface area contributed by atoms with Gasteiger partial charge < -0.3 is 10.2 Å². The van der Waals surface area contributed by atoms with Gasteiger partial charge in [-0.25, -0.2) is 0 Å². The highest BCUT2D eigenvalue weighted by Crippen LogP contribution is 2.15. The van der Waals surface area contributed by atoms with Crippen molar-refractivity contribution in [3.05, 3.63) is 30.5 Å². The van der Waals surface area contributed by atoms with Gasteiger partial charge >= 0.3 is 0 Å². The highest BCUT2D eigenvalue weighted by molar-refractivity contribution is 5.88. The molecule has 0 saturated carbocycles. The first kappa shape index (κ1) is 14.6. The summed E-state index contributed by atoms with van der Waals surface area (Å²) in [6, 6.07) is 7.39. The lowest BCUT2D eigenvalue weighted by Gasteiger charge is -2.25. The molecule has 1 fully saturated rings. The number of nitrogens with one attached hydrogen (secondary N) is 1. The molecule has 0 radical (unpaired) electrons. The summed E-state index contributed by atoms with van der Waals surface area (Å²) in [7, 11) is 1.70. The van der Waals surface area contributed by atoms with E-state index in [0.29, 0.717) is 13.0 Å². The van der Waals surface area contributed by atoms with Gasteiger partial charge in [0.1, 0.15) is 12.6 Å². The standard InChI is InChI=1S/C16H20N4O2/c1-19(14-8-4-5-9-17-16(14)22)15(21)11-20-13-7-3-2-6-12(13)10-18-20/h2-3,6-7,10,14H,4-5,8-9,11H2,1H3,(H,17,22). The average molecular weight is 300 g/mol. The van der Waals surface area contributed by atoms with Crippen LogP contribution in [0.1, 0.15) is 19.3 Å². The van der Waals surface area contributed by atoms with Gasteiger partial charge in [-0.2, -0.15) is 5.10 Å². The Morgan fingerprint density at radius 1 is 1.41 bits per heavy atom. The summed E-state index contributed by atoms with van der Waals surface area (Å²) in [6.45, 7) is 0.842. The molecule has 1 atom stereocenters. The molecular formula is C16H20N4O2. The maximum absolute atomic E-state index is 12.5. The molecule has 1 aliphatic heterocycles. The number of para-hydroxylation sites is 1. The maximum Gasteiger partial charge on any atom is 0.244 e. The van der Waals surface area contributed by atoms with Crippen LogP contribution in [0, 0.1) is 0 Å². The molecule has 22 heavy (non-hydrogen) atoms. The quantitative estimate of drug-likeness (QED) is 0.925. The molecule has 1 N–H and O–H groups in total. The van der Waals surface area contributed by atoms with E-state index in [1.54, 1.807) is 22.8 Å². The number of benzene rings is 1. The summed E-state index contributed by atoms with van der Waals surface area (Å²) >= 11 is 0. The first-order valence-corrected chi connectivity index (χ1v) is 7.61. The van der Waals surface area contributed by atoms with Gasteiger partial charge in [0.2, 0.25) is 11.8 Å². The third-order valence-corrected chi connectivity index (χ3v) is 4.20. The molecule has 0 bridgehead atoms. The Morgan fingerprint density at radius 3 is 3.09 bits per heavy atom. The van der Waals surface area contributed by atoms with Gasteiger partial charge in [-0.3, -0.25) is 14.3 Å². The number of carbonyl (C=O) groups is 2. The van der Waals surface area contributed by atoms with Crippen LogP contribution in [-0.4, -0.2) is 46.1 Å². The van der Waals surface area contributed by atoms with E-state index >= 15 is 0 Å². The van der Waals surface area contributed by atoms with Gasteiger partial charge in [0.25, 0.3) is 0 Å². The molecule has 1 unspecified atom stereocenters. The number of aromatic nitrogens is 2. The highest BCUT2D eigenvalue weighted by Gasteiger charge is 2.28. The number of carbonyl (C=O) groups excluding carboxylic acids is 2. The number of fused-ring (bicyclic) bond motifs is 1. The third-order valence-electron chi connectivity index (χ3n) is 4.20. The van der Waals surface area contributed by atoms with Crippen molar-refractivity contribution in [1.29, 1.82) is 0 Å². The van der Waals surface area contributed by atoms with Crippen LogP contribution in [0.3, 0.4) is 0 Å². The molecule has 2 heterocycles. The second-order valence-corrected chi connectivity index (χ2v) is 5.67. The number of nitrogens with zero attached hydrogens (tertiary/aromatic N) is 3. The SMILES string of the molecule is CN(C(=O)Cn1ncc2ccccc21)C1CCCCNC1=O. The van der Waals surface area contributed by atoms with E-state index in [2.05, 4.69) is 10.4 Å². The van der Waals surface area contributed by atoms with Crippen molar-refractivity contribution in [1.82, 2.24) is 20.0 Å². The predicted molar refractivity (Wildman–Crippen MR) is 83.2 cm³/mol. The molecule has 1 aromatic carbocycles. The normalized spacial score (nSPS) is 18.8. The molecule has 0 aliphatic carbocycles. The number of hydrogen-bond acceptors (Lipinski definition) is 3. The van der Waals surface area contributed by atoms with Crippen LogP contribution in [0.25, 0.3) is 10.9 Å². The van der Waals surface area contributed by atoms with Crippen molar-refractivity contribution in [2.45, 2.75) is 31.8 Å². The second kappa shape index (κ2) is 6.17. The average Bonchev–Trinajstić information content (AvgIpc) is 2.80. The highest BCUT2D eigenvalue weighted by atomic mass is 16.2. The lowest BCUT2D eigenvalue weighted by Crippen LogP contribution is -2.47. The van der Waals surface area contributed by atoms with E-state index in [1.165, 1.54) is 0 Å². The minimum absolute atomic E-state index is 0.0568. The molecule has 1 aromatic heterocycles. The molecule has 1 saturated heterocycles. The topological polar surface area (TPSA) is 67.2 Å². The van der Waals surface area contributed by atoms with E-state index in [-0.39, 0.29) is 24.4 Å². The minimum atomic E-state index is -0.378. The molecule has 6 nitrogen and oxygen atoms in total. The van der Waals surface area contributed by atoms with E-state index in [0.717, 1.165) is 23.7 Å². The fraction of sp³-hybridized carbons (Fsp3) is 0.438. The summed E-state index contributed by atoms with van der Waals surface area (Å²) in [6.07, 6.45) is 4.38. The van der Waals surface area contributed by atoms with Crippen molar-refractivity contribution in [2.75, 3.05) is 13.6 Å². The van der Waals surface area contributed by atoms with Crippen LogP contribution in [0.15, 0.2) is 30.5 Å². The van der Waals surface area contributed by atoms with Gasteiger partial charge in [0, 0.05) is 19.0 Å². The van der Waals surface area contributed by atoms with Crippen molar-refractivity contribution in [2.24, 2.45) is 0 Å². The Labute approximate surface area is 129 Å². The van der Waals surface area contributed by atoms with Gasteiger partial charge in [-0.15, -0.1) is 0 Å². The first-order valence-electron chi connectivity index (χ1n) is 7.61. The summed E-state index contributed by atoms with van der Waals surface area (Å²) in [5.74, 6) is -0.158. The monoisotopic (exact) mass is 300 g/mol. The van der Waals surface area contributed by atoms with Crippen molar-refractivity contribution in [3.8, 4) is 0 Å². The third kappa shape index (κ3) is 2.81. The van der Waals surface area contributed by atoms with Gasteiger partial charge in [-0.05, 0) is 25.3 Å². The zero-order chi connectivity index (χ0) is 15.5. The van der Waals surface area contributed by atoms with E-state index < -0.39 is 0 Å². The van der Waals surface area contributed by atoms with Crippen LogP contribution in [0.2, 0.25) is 0 Å². The molecule has 0 spiro atoms. The van der Waals surface area contributed by atoms with Crippen LogP contribution in [0.4, 0.5) is 0 Å². The number of amides is 2. The summed E-state index contributed by atoms with van der Waals surface area (Å²) in [4.78, 5) is 26.1. The molecule has 2 amide bonds. The number of likely N-dealkylation sites (N-methyl/N-ethyl adjacent to an activating group) is 1. The Hall–Kier alpha value is -2.37. The van der Waals surface area contributed by atoms with Crippen molar-refractivity contribution < 1.29 is 9.59 Å². The fourth-order valence-electron chi connectivity index (χ4n) is 2.86. The lowest BCUT2D eigenvalue weighted by atomic mass is 10.1. The molecular weight excluding hydrogens is 280 g/mol. The van der Waals surface area contributed by atoms with Crippen LogP contribution >= 0.6 is 0 Å². The predicted octanol–water partition coefficient (Wildman–Crippen LogP) is 1.16. The van der Waals surface area contributed by atoms with Crippen LogP contribution in [-0.2, 0) is 16.1 Å². The van der Waals surface area contributed by atoms with E-state index in [9.17, 15) is 9.59 Å².